The van der Waals surface area contributed by atoms with Crippen LogP contribution in [0.15, 0.2) is 42.5 Å². The van der Waals surface area contributed by atoms with Crippen molar-refractivity contribution < 1.29 is 19.4 Å². The van der Waals surface area contributed by atoms with Crippen LogP contribution in [0.3, 0.4) is 0 Å². The molecule has 3 rings (SSSR count). The van der Waals surface area contributed by atoms with Gasteiger partial charge in [-0.3, -0.25) is 0 Å². The summed E-state index contributed by atoms with van der Waals surface area (Å²) in [6.45, 7) is 2.04. The minimum atomic E-state index is -0.368. The van der Waals surface area contributed by atoms with Crippen molar-refractivity contribution in [3.63, 3.8) is 0 Å². The Bertz CT molecular complexity index is 811. The third-order valence-corrected chi connectivity index (χ3v) is 5.17. The molecule has 5 nitrogen and oxygen atoms in total. The van der Waals surface area contributed by atoms with Crippen molar-refractivity contribution in [2.45, 2.75) is 38.3 Å². The first-order valence-electron chi connectivity index (χ1n) is 9.61. The Balaban J connectivity index is 1.64. The highest BCUT2D eigenvalue weighted by Crippen LogP contribution is 2.27. The van der Waals surface area contributed by atoms with Gasteiger partial charge in [0.25, 0.3) is 0 Å². The smallest absolute Gasteiger partial charge is 0.344 e. The Morgan fingerprint density at radius 1 is 1.29 bits per heavy atom. The molecule has 150 valence electrons. The first-order chi connectivity index (χ1) is 13.6. The van der Waals surface area contributed by atoms with Crippen LogP contribution in [0.1, 0.15) is 36.1 Å². The molecular formula is C22H26ClNO4. The molecule has 1 aliphatic carbocycles. The lowest BCUT2D eigenvalue weighted by Gasteiger charge is -2.29. The van der Waals surface area contributed by atoms with E-state index in [1.165, 1.54) is 11.1 Å². The molecule has 0 aliphatic heterocycles. The molecule has 0 bridgehead atoms. The second-order valence-electron chi connectivity index (χ2n) is 6.92. The van der Waals surface area contributed by atoms with Gasteiger partial charge in [-0.25, -0.2) is 4.79 Å². The zero-order valence-corrected chi connectivity index (χ0v) is 16.7. The first-order valence-corrected chi connectivity index (χ1v) is 9.99. The van der Waals surface area contributed by atoms with Gasteiger partial charge < -0.3 is 19.9 Å². The van der Waals surface area contributed by atoms with Crippen molar-refractivity contribution in [2.75, 3.05) is 19.8 Å². The number of fused-ring (bicyclic) bond motifs is 1. The van der Waals surface area contributed by atoms with Crippen molar-refractivity contribution in [1.29, 1.82) is 0 Å². The van der Waals surface area contributed by atoms with Crippen LogP contribution in [0.25, 0.3) is 0 Å². The fourth-order valence-electron chi connectivity index (χ4n) is 3.57. The standard InChI is InChI=1S/C22H26ClNO4/c1-2-27-22(26)14-28-20-9-7-15-6-8-19(11-17(15)12-20)24-21(13-25)16-4-3-5-18(23)10-16/h3-5,7,9-10,12,19,21,24-25H,2,6,8,11,13-14H2,1H3/t19-,21?/m1/s1. The van der Waals surface area contributed by atoms with E-state index in [1.54, 1.807) is 6.92 Å². The van der Waals surface area contributed by atoms with Crippen molar-refractivity contribution in [3.8, 4) is 5.75 Å². The van der Waals surface area contributed by atoms with E-state index >= 15 is 0 Å². The normalized spacial score (nSPS) is 16.9. The van der Waals surface area contributed by atoms with Gasteiger partial charge in [-0.05, 0) is 67.1 Å². The number of aryl methyl sites for hydroxylation is 1. The van der Waals surface area contributed by atoms with Crippen LogP contribution < -0.4 is 10.1 Å². The quantitative estimate of drug-likeness (QED) is 0.660. The molecule has 0 fully saturated rings. The van der Waals surface area contributed by atoms with E-state index in [0.717, 1.165) is 24.8 Å². The summed E-state index contributed by atoms with van der Waals surface area (Å²) >= 11 is 6.09. The lowest BCUT2D eigenvalue weighted by molar-refractivity contribution is -0.145. The average Bonchev–Trinajstić information content (AvgIpc) is 2.70. The van der Waals surface area contributed by atoms with Crippen LogP contribution >= 0.6 is 11.6 Å². The lowest BCUT2D eigenvalue weighted by Crippen LogP contribution is -2.38. The molecule has 0 spiro atoms. The topological polar surface area (TPSA) is 67.8 Å². The van der Waals surface area contributed by atoms with Crippen molar-refractivity contribution in [3.05, 3.63) is 64.2 Å². The number of carbonyl (C=O) groups excluding carboxylic acids is 1. The van der Waals surface area contributed by atoms with Gasteiger partial charge in [-0.15, -0.1) is 0 Å². The Kier molecular flexibility index (Phi) is 7.31. The van der Waals surface area contributed by atoms with Gasteiger partial charge >= 0.3 is 5.97 Å². The van der Waals surface area contributed by atoms with Crippen molar-refractivity contribution in [1.82, 2.24) is 5.32 Å². The highest BCUT2D eigenvalue weighted by atomic mass is 35.5. The lowest BCUT2D eigenvalue weighted by atomic mass is 9.87. The molecule has 1 unspecified atom stereocenters. The van der Waals surface area contributed by atoms with Gasteiger partial charge in [-0.1, -0.05) is 29.8 Å². The average molecular weight is 404 g/mol. The number of hydrogen-bond donors (Lipinski definition) is 2. The molecule has 2 aromatic rings. The number of rotatable bonds is 8. The maximum absolute atomic E-state index is 11.5. The van der Waals surface area contributed by atoms with Crippen LogP contribution in [0.5, 0.6) is 5.75 Å². The van der Waals surface area contributed by atoms with Crippen LogP contribution in [0.4, 0.5) is 0 Å². The van der Waals surface area contributed by atoms with Crippen LogP contribution in [0, 0.1) is 0 Å². The molecule has 6 heteroatoms. The highest BCUT2D eigenvalue weighted by Gasteiger charge is 2.22. The van der Waals surface area contributed by atoms with E-state index in [4.69, 9.17) is 21.1 Å². The molecule has 2 atom stereocenters. The number of halogens is 1. The summed E-state index contributed by atoms with van der Waals surface area (Å²) in [5, 5.41) is 14.1. The predicted octanol–water partition coefficient (Wildman–Crippen LogP) is 3.46. The molecule has 0 saturated heterocycles. The molecule has 2 N–H and O–H groups in total. The molecule has 0 radical (unpaired) electrons. The number of aliphatic hydroxyl groups is 1. The Labute approximate surface area is 170 Å². The Morgan fingerprint density at radius 2 is 2.14 bits per heavy atom. The van der Waals surface area contributed by atoms with Crippen LogP contribution in [-0.2, 0) is 22.4 Å². The number of ether oxygens (including phenoxy) is 2. The monoisotopic (exact) mass is 403 g/mol. The summed E-state index contributed by atoms with van der Waals surface area (Å²) in [7, 11) is 0. The molecule has 28 heavy (non-hydrogen) atoms. The maximum Gasteiger partial charge on any atom is 0.344 e. The van der Waals surface area contributed by atoms with E-state index in [9.17, 15) is 9.90 Å². The second-order valence-corrected chi connectivity index (χ2v) is 7.36. The Morgan fingerprint density at radius 3 is 2.89 bits per heavy atom. The molecule has 2 aromatic carbocycles. The fourth-order valence-corrected chi connectivity index (χ4v) is 3.77. The fraction of sp³-hybridized carbons (Fsp3) is 0.409. The second kappa shape index (κ2) is 9.92. The van der Waals surface area contributed by atoms with Crippen molar-refractivity contribution in [2.24, 2.45) is 0 Å². The molecule has 0 saturated carbocycles. The van der Waals surface area contributed by atoms with Gasteiger partial charge in [0.05, 0.1) is 19.3 Å². The molecule has 0 heterocycles. The minimum absolute atomic E-state index is 0.00634. The minimum Gasteiger partial charge on any atom is -0.482 e. The van der Waals surface area contributed by atoms with Gasteiger partial charge in [0.15, 0.2) is 6.61 Å². The largest absolute Gasteiger partial charge is 0.482 e. The van der Waals surface area contributed by atoms with E-state index < -0.39 is 0 Å². The molecule has 0 aromatic heterocycles. The van der Waals surface area contributed by atoms with Gasteiger partial charge in [0.1, 0.15) is 5.75 Å². The number of hydrogen-bond acceptors (Lipinski definition) is 5. The van der Waals surface area contributed by atoms with Crippen LogP contribution in [0.2, 0.25) is 5.02 Å². The number of aliphatic hydroxyl groups excluding tert-OH is 1. The van der Waals surface area contributed by atoms with E-state index in [0.29, 0.717) is 17.4 Å². The Hall–Kier alpha value is -2.08. The summed E-state index contributed by atoms with van der Waals surface area (Å²) in [6, 6.07) is 13.6. The third kappa shape index (κ3) is 5.47. The van der Waals surface area contributed by atoms with E-state index in [2.05, 4.69) is 11.4 Å². The predicted molar refractivity (Wildman–Crippen MR) is 109 cm³/mol. The summed E-state index contributed by atoms with van der Waals surface area (Å²) < 4.78 is 10.4. The molecule has 0 amide bonds. The number of esters is 1. The highest BCUT2D eigenvalue weighted by molar-refractivity contribution is 6.30. The third-order valence-electron chi connectivity index (χ3n) is 4.94. The maximum atomic E-state index is 11.5. The van der Waals surface area contributed by atoms with Gasteiger partial charge in [0.2, 0.25) is 0 Å². The van der Waals surface area contributed by atoms with Crippen LogP contribution in [-0.4, -0.2) is 36.9 Å². The number of benzene rings is 2. The SMILES string of the molecule is CCOC(=O)COc1ccc2c(c1)C[C@H](NC(CO)c1cccc(Cl)c1)CC2. The molecular weight excluding hydrogens is 378 g/mol. The summed E-state index contributed by atoms with van der Waals surface area (Å²) in [4.78, 5) is 11.5. The summed E-state index contributed by atoms with van der Waals surface area (Å²) in [6.07, 6.45) is 2.79. The molecule has 1 aliphatic rings. The summed E-state index contributed by atoms with van der Waals surface area (Å²) in [5.74, 6) is 0.299. The number of carbonyl (C=O) groups is 1. The summed E-state index contributed by atoms with van der Waals surface area (Å²) in [5.41, 5.74) is 3.48. The van der Waals surface area contributed by atoms with Gasteiger partial charge in [0, 0.05) is 11.1 Å². The van der Waals surface area contributed by atoms with Crippen molar-refractivity contribution >= 4 is 17.6 Å². The first kappa shape index (κ1) is 20.6. The van der Waals surface area contributed by atoms with Gasteiger partial charge in [-0.2, -0.15) is 0 Å². The zero-order valence-electron chi connectivity index (χ0n) is 16.0. The van der Waals surface area contributed by atoms with E-state index in [-0.39, 0.29) is 31.3 Å². The van der Waals surface area contributed by atoms with E-state index in [1.807, 2.05) is 36.4 Å². The zero-order chi connectivity index (χ0) is 19.9. The number of nitrogens with one attached hydrogen (secondary N) is 1.